The molecule has 39 heavy (non-hydrogen) atoms. The fraction of sp³-hybridized carbons (Fsp3) is 0.444. The van der Waals surface area contributed by atoms with Gasteiger partial charge >= 0.3 is 5.97 Å². The molecule has 2 amide bonds. The van der Waals surface area contributed by atoms with Crippen molar-refractivity contribution < 1.29 is 23.5 Å². The van der Waals surface area contributed by atoms with E-state index in [2.05, 4.69) is 31.0 Å². The van der Waals surface area contributed by atoms with E-state index in [9.17, 15) is 18.8 Å². The van der Waals surface area contributed by atoms with Crippen molar-refractivity contribution in [3.8, 4) is 11.4 Å². The Labute approximate surface area is 225 Å². The molecule has 0 unspecified atom stereocenters. The molecule has 1 aromatic carbocycles. The second kappa shape index (κ2) is 12.5. The van der Waals surface area contributed by atoms with Crippen LogP contribution in [0.15, 0.2) is 30.3 Å². The van der Waals surface area contributed by atoms with E-state index in [0.717, 1.165) is 31.2 Å². The molecule has 0 spiro atoms. The first kappa shape index (κ1) is 27.8. The van der Waals surface area contributed by atoms with Gasteiger partial charge in [0.05, 0.1) is 6.54 Å². The number of halogens is 1. The number of esters is 1. The summed E-state index contributed by atoms with van der Waals surface area (Å²) in [4.78, 5) is 41.4. The van der Waals surface area contributed by atoms with Crippen LogP contribution in [0.25, 0.3) is 11.4 Å². The molecule has 0 saturated heterocycles. The van der Waals surface area contributed by atoms with Crippen LogP contribution < -0.4 is 10.6 Å². The van der Waals surface area contributed by atoms with Crippen LogP contribution in [0.3, 0.4) is 0 Å². The van der Waals surface area contributed by atoms with E-state index >= 15 is 0 Å². The third-order valence-corrected chi connectivity index (χ3v) is 6.61. The number of ether oxygens (including phenoxy) is 1. The van der Waals surface area contributed by atoms with Gasteiger partial charge in [-0.15, -0.1) is 10.2 Å². The molecule has 1 aliphatic carbocycles. The Balaban J connectivity index is 1.31. The summed E-state index contributed by atoms with van der Waals surface area (Å²) in [6.07, 6.45) is 3.42. The predicted octanol–water partition coefficient (Wildman–Crippen LogP) is 2.66. The number of amides is 2. The van der Waals surface area contributed by atoms with Gasteiger partial charge in [0.25, 0.3) is 11.8 Å². The second-order valence-corrected chi connectivity index (χ2v) is 9.88. The first-order valence-electron chi connectivity index (χ1n) is 12.9. The highest BCUT2D eigenvalue weighted by Crippen LogP contribution is 2.26. The standard InChI is InChI=1S/C27H32FN7O4/c1-16-10-20(6-9-23(16)28)13-29-27(38)24-12-21(11-17(2)30-24)26-32-34-35(33-26)14-19-4-7-22(8-5-19)31-25(37)15-39-18(3)36/h6,9-12,19,22H,4-5,7-8,13-15H2,1-3H3,(H,29,38)(H,31,37)/t19-,22-. The summed E-state index contributed by atoms with van der Waals surface area (Å²) in [6.45, 7) is 5.32. The highest BCUT2D eigenvalue weighted by atomic mass is 19.1. The molecule has 4 rings (SSSR count). The molecule has 2 heterocycles. The number of benzene rings is 1. The smallest absolute Gasteiger partial charge is 0.303 e. The minimum atomic E-state index is -0.480. The van der Waals surface area contributed by atoms with Crippen molar-refractivity contribution in [1.82, 2.24) is 35.8 Å². The van der Waals surface area contributed by atoms with Gasteiger partial charge in [-0.05, 0) is 80.0 Å². The van der Waals surface area contributed by atoms with E-state index < -0.39 is 5.97 Å². The number of rotatable bonds is 9. The van der Waals surface area contributed by atoms with Crippen LogP contribution in [-0.2, 0) is 27.4 Å². The molecule has 206 valence electrons. The number of pyridine rings is 1. The zero-order valence-corrected chi connectivity index (χ0v) is 22.2. The summed E-state index contributed by atoms with van der Waals surface area (Å²) in [6, 6.07) is 8.19. The summed E-state index contributed by atoms with van der Waals surface area (Å²) < 4.78 is 18.2. The van der Waals surface area contributed by atoms with Gasteiger partial charge in [-0.3, -0.25) is 14.4 Å². The topological polar surface area (TPSA) is 141 Å². The Kier molecular flexibility index (Phi) is 8.95. The number of nitrogens with one attached hydrogen (secondary N) is 2. The van der Waals surface area contributed by atoms with Crippen molar-refractivity contribution in [3.05, 3.63) is 58.7 Å². The van der Waals surface area contributed by atoms with Gasteiger partial charge in [0.1, 0.15) is 11.5 Å². The summed E-state index contributed by atoms with van der Waals surface area (Å²) in [5.41, 5.74) is 2.81. The number of hydrogen-bond donors (Lipinski definition) is 2. The monoisotopic (exact) mass is 537 g/mol. The first-order valence-corrected chi connectivity index (χ1v) is 12.9. The van der Waals surface area contributed by atoms with Crippen LogP contribution in [0.2, 0.25) is 0 Å². The van der Waals surface area contributed by atoms with Crippen molar-refractivity contribution >= 4 is 17.8 Å². The Bertz CT molecular complexity index is 1350. The van der Waals surface area contributed by atoms with Crippen molar-refractivity contribution in [2.45, 2.75) is 65.6 Å². The van der Waals surface area contributed by atoms with Crippen LogP contribution in [0.4, 0.5) is 4.39 Å². The lowest BCUT2D eigenvalue weighted by atomic mass is 9.86. The van der Waals surface area contributed by atoms with Gasteiger partial charge in [-0.1, -0.05) is 12.1 Å². The van der Waals surface area contributed by atoms with Crippen molar-refractivity contribution in [1.29, 1.82) is 0 Å². The average molecular weight is 538 g/mol. The maximum Gasteiger partial charge on any atom is 0.303 e. The minimum Gasteiger partial charge on any atom is -0.456 e. The molecule has 0 atom stereocenters. The van der Waals surface area contributed by atoms with Crippen LogP contribution in [-0.4, -0.2) is 55.6 Å². The zero-order valence-electron chi connectivity index (χ0n) is 22.2. The van der Waals surface area contributed by atoms with Gasteiger partial charge in [0, 0.05) is 30.8 Å². The predicted molar refractivity (Wildman–Crippen MR) is 139 cm³/mol. The number of tetrazole rings is 1. The average Bonchev–Trinajstić information content (AvgIpc) is 3.37. The molecular weight excluding hydrogens is 505 g/mol. The van der Waals surface area contributed by atoms with Crippen molar-refractivity contribution in [2.24, 2.45) is 5.92 Å². The summed E-state index contributed by atoms with van der Waals surface area (Å²) in [5, 5.41) is 18.6. The maximum atomic E-state index is 13.5. The van der Waals surface area contributed by atoms with Gasteiger partial charge in [-0.25, -0.2) is 9.37 Å². The molecule has 3 aromatic rings. The maximum absolute atomic E-state index is 13.5. The zero-order chi connectivity index (χ0) is 27.9. The number of aryl methyl sites for hydroxylation is 2. The lowest BCUT2D eigenvalue weighted by molar-refractivity contribution is -0.146. The van der Waals surface area contributed by atoms with Crippen LogP contribution in [0, 0.1) is 25.6 Å². The number of hydrogen-bond acceptors (Lipinski definition) is 8. The number of nitrogens with zero attached hydrogens (tertiary/aromatic N) is 5. The van der Waals surface area contributed by atoms with E-state index in [1.54, 1.807) is 42.9 Å². The Hall–Kier alpha value is -4.22. The van der Waals surface area contributed by atoms with Gasteiger partial charge < -0.3 is 15.4 Å². The Morgan fingerprint density at radius 1 is 1.10 bits per heavy atom. The molecule has 1 saturated carbocycles. The molecule has 1 aliphatic rings. The van der Waals surface area contributed by atoms with Gasteiger partial charge in [-0.2, -0.15) is 4.80 Å². The third kappa shape index (κ3) is 7.88. The molecule has 2 N–H and O–H groups in total. The summed E-state index contributed by atoms with van der Waals surface area (Å²) >= 11 is 0. The molecule has 0 bridgehead atoms. The van der Waals surface area contributed by atoms with Crippen molar-refractivity contribution in [3.63, 3.8) is 0 Å². The summed E-state index contributed by atoms with van der Waals surface area (Å²) in [7, 11) is 0. The number of carbonyl (C=O) groups excluding carboxylic acids is 3. The molecule has 0 radical (unpaired) electrons. The summed E-state index contributed by atoms with van der Waals surface area (Å²) in [5.74, 6) is -0.676. The lowest BCUT2D eigenvalue weighted by Gasteiger charge is -2.28. The SMILES string of the molecule is CC(=O)OCC(=O)N[C@H]1CC[C@H](Cn2nnc(-c3cc(C)nc(C(=O)NCc4ccc(F)c(C)c4)c3)n2)CC1. The van der Waals surface area contributed by atoms with Gasteiger partial charge in [0.2, 0.25) is 5.82 Å². The fourth-order valence-corrected chi connectivity index (χ4v) is 4.60. The van der Waals surface area contributed by atoms with E-state index in [4.69, 9.17) is 4.74 Å². The van der Waals surface area contributed by atoms with E-state index in [-0.39, 0.29) is 42.5 Å². The van der Waals surface area contributed by atoms with Gasteiger partial charge in [0.15, 0.2) is 6.61 Å². The number of aromatic nitrogens is 5. The van der Waals surface area contributed by atoms with Crippen molar-refractivity contribution in [2.75, 3.05) is 6.61 Å². The van der Waals surface area contributed by atoms with E-state index in [1.165, 1.54) is 13.0 Å². The fourth-order valence-electron chi connectivity index (χ4n) is 4.60. The molecule has 2 aromatic heterocycles. The minimum absolute atomic E-state index is 0.0556. The normalized spacial score (nSPS) is 16.9. The molecule has 1 fully saturated rings. The second-order valence-electron chi connectivity index (χ2n) is 9.88. The third-order valence-electron chi connectivity index (χ3n) is 6.61. The quantitative estimate of drug-likeness (QED) is 0.397. The Morgan fingerprint density at radius 2 is 1.87 bits per heavy atom. The lowest BCUT2D eigenvalue weighted by Crippen LogP contribution is -2.40. The van der Waals surface area contributed by atoms with Crippen LogP contribution in [0.1, 0.15) is 59.9 Å². The van der Waals surface area contributed by atoms with Crippen LogP contribution in [0.5, 0.6) is 0 Å². The molecule has 12 heteroatoms. The highest BCUT2D eigenvalue weighted by Gasteiger charge is 2.24. The highest BCUT2D eigenvalue weighted by molar-refractivity contribution is 5.93. The first-order chi connectivity index (χ1) is 18.7. The molecule has 11 nitrogen and oxygen atoms in total. The van der Waals surface area contributed by atoms with Crippen LogP contribution >= 0.6 is 0 Å². The van der Waals surface area contributed by atoms with E-state index in [1.807, 2.05) is 0 Å². The van der Waals surface area contributed by atoms with E-state index in [0.29, 0.717) is 35.1 Å². The largest absolute Gasteiger partial charge is 0.456 e. The Morgan fingerprint density at radius 3 is 2.59 bits per heavy atom. The molecule has 0 aliphatic heterocycles. The number of carbonyl (C=O) groups is 3. The molecular formula is C27H32FN7O4.